The first-order valence-electron chi connectivity index (χ1n) is 7.19. The minimum Gasteiger partial charge on any atom is -0.339 e. The van der Waals surface area contributed by atoms with Crippen molar-refractivity contribution in [2.45, 2.75) is 63.7 Å². The number of aromatic nitrogens is 2. The van der Waals surface area contributed by atoms with Crippen molar-refractivity contribution in [2.75, 3.05) is 5.75 Å². The predicted molar refractivity (Wildman–Crippen MR) is 79.1 cm³/mol. The van der Waals surface area contributed by atoms with Gasteiger partial charge < -0.3 is 10.3 Å². The maximum atomic E-state index is 6.26. The van der Waals surface area contributed by atoms with E-state index in [1.54, 1.807) is 0 Å². The van der Waals surface area contributed by atoms with Gasteiger partial charge in [-0.05, 0) is 31.4 Å². The molecule has 1 aliphatic rings. The molecule has 0 aliphatic heterocycles. The fourth-order valence-corrected chi connectivity index (χ4v) is 3.45. The molecule has 1 saturated carbocycles. The van der Waals surface area contributed by atoms with E-state index in [9.17, 15) is 0 Å². The Labute approximate surface area is 119 Å². The van der Waals surface area contributed by atoms with Gasteiger partial charge in [0, 0.05) is 6.04 Å². The molecule has 0 amide bonds. The van der Waals surface area contributed by atoms with Gasteiger partial charge in [0.15, 0.2) is 5.82 Å². The fraction of sp³-hybridized carbons (Fsp3) is 0.857. The third-order valence-electron chi connectivity index (χ3n) is 3.92. The summed E-state index contributed by atoms with van der Waals surface area (Å²) in [5.41, 5.74) is 6.13. The van der Waals surface area contributed by atoms with Crippen LogP contribution in [-0.4, -0.2) is 21.9 Å². The van der Waals surface area contributed by atoms with Crippen LogP contribution >= 0.6 is 11.8 Å². The third kappa shape index (κ3) is 3.51. The molecule has 0 spiro atoms. The van der Waals surface area contributed by atoms with Gasteiger partial charge in [0.05, 0.1) is 11.2 Å². The van der Waals surface area contributed by atoms with Gasteiger partial charge in [-0.1, -0.05) is 31.8 Å². The zero-order chi connectivity index (χ0) is 13.9. The van der Waals surface area contributed by atoms with Gasteiger partial charge in [0.1, 0.15) is 0 Å². The first-order valence-corrected chi connectivity index (χ1v) is 8.34. The molecule has 1 aromatic rings. The van der Waals surface area contributed by atoms with Crippen LogP contribution in [0.2, 0.25) is 0 Å². The highest BCUT2D eigenvalue weighted by Crippen LogP contribution is 2.37. The van der Waals surface area contributed by atoms with E-state index < -0.39 is 0 Å². The average molecular weight is 283 g/mol. The van der Waals surface area contributed by atoms with Crippen LogP contribution in [0.3, 0.4) is 0 Å². The van der Waals surface area contributed by atoms with Gasteiger partial charge in [0.25, 0.3) is 0 Å². The number of hydrogen-bond acceptors (Lipinski definition) is 5. The van der Waals surface area contributed by atoms with E-state index in [0.29, 0.717) is 5.92 Å². The number of thioether (sulfide) groups is 1. The smallest absolute Gasteiger partial charge is 0.234 e. The summed E-state index contributed by atoms with van der Waals surface area (Å²) in [4.78, 5) is 4.57. The number of nitrogens with zero attached hydrogens (tertiary/aromatic N) is 2. The summed E-state index contributed by atoms with van der Waals surface area (Å²) < 4.78 is 5.48. The lowest BCUT2D eigenvalue weighted by molar-refractivity contribution is 0.203. The van der Waals surface area contributed by atoms with Gasteiger partial charge >= 0.3 is 0 Å². The maximum absolute atomic E-state index is 6.26. The maximum Gasteiger partial charge on any atom is 0.234 e. The zero-order valence-electron chi connectivity index (χ0n) is 12.2. The third-order valence-corrected chi connectivity index (χ3v) is 5.28. The van der Waals surface area contributed by atoms with Gasteiger partial charge in [-0.3, -0.25) is 0 Å². The molecule has 0 aromatic carbocycles. The van der Waals surface area contributed by atoms with Gasteiger partial charge in [-0.2, -0.15) is 16.7 Å². The van der Waals surface area contributed by atoms with Crippen LogP contribution in [0, 0.1) is 5.92 Å². The van der Waals surface area contributed by atoms with Crippen molar-refractivity contribution in [3.8, 4) is 0 Å². The molecule has 1 heterocycles. The van der Waals surface area contributed by atoms with Crippen molar-refractivity contribution in [1.29, 1.82) is 0 Å². The Kier molecular flexibility index (Phi) is 4.90. The molecule has 0 saturated heterocycles. The van der Waals surface area contributed by atoms with Crippen molar-refractivity contribution >= 4 is 11.8 Å². The minimum atomic E-state index is -0.133. The predicted octanol–water partition coefficient (Wildman–Crippen LogP) is 3.12. The van der Waals surface area contributed by atoms with E-state index in [1.165, 1.54) is 12.8 Å². The summed E-state index contributed by atoms with van der Waals surface area (Å²) in [6.07, 6.45) is 4.51. The Morgan fingerprint density at radius 3 is 2.95 bits per heavy atom. The van der Waals surface area contributed by atoms with Crippen LogP contribution < -0.4 is 5.73 Å². The summed E-state index contributed by atoms with van der Waals surface area (Å²) >= 11 is 1.86. The molecular formula is C14H25N3OS. The normalized spacial score (nSPS) is 27.9. The Hall–Kier alpha value is -0.550. The topological polar surface area (TPSA) is 64.9 Å². The summed E-state index contributed by atoms with van der Waals surface area (Å²) in [6.45, 7) is 6.60. The van der Waals surface area contributed by atoms with Crippen molar-refractivity contribution in [3.05, 3.63) is 11.7 Å². The van der Waals surface area contributed by atoms with E-state index >= 15 is 0 Å². The molecule has 0 radical (unpaired) electrons. The Morgan fingerprint density at radius 1 is 1.47 bits per heavy atom. The second kappa shape index (κ2) is 6.27. The highest BCUT2D eigenvalue weighted by Gasteiger charge is 2.40. The van der Waals surface area contributed by atoms with Crippen LogP contribution in [0.15, 0.2) is 4.52 Å². The number of nitrogens with two attached hydrogens (primary N) is 1. The summed E-state index contributed by atoms with van der Waals surface area (Å²) in [5, 5.41) is 4.11. The van der Waals surface area contributed by atoms with E-state index in [1.807, 2.05) is 11.8 Å². The molecule has 0 bridgehead atoms. The van der Waals surface area contributed by atoms with Gasteiger partial charge in [0.2, 0.25) is 5.89 Å². The van der Waals surface area contributed by atoms with Crippen LogP contribution in [-0.2, 0) is 11.2 Å². The second-order valence-electron chi connectivity index (χ2n) is 6.19. The van der Waals surface area contributed by atoms with Crippen molar-refractivity contribution in [1.82, 2.24) is 10.1 Å². The summed E-state index contributed by atoms with van der Waals surface area (Å²) in [5.74, 6) is 4.19. The van der Waals surface area contributed by atoms with Crippen LogP contribution in [0.4, 0.5) is 0 Å². The van der Waals surface area contributed by atoms with Crippen molar-refractivity contribution < 1.29 is 4.52 Å². The molecule has 2 atom stereocenters. The molecule has 4 nitrogen and oxygen atoms in total. The molecule has 5 heteroatoms. The standard InChI is InChI=1S/C14H25N3OS/c1-10(2)8-19-9-12-16-13(18-17-12)14(3)7-5-4-6-11(14)15/h10-11H,4-9,15H2,1-3H3. The number of rotatable bonds is 5. The number of hydrogen-bond donors (Lipinski definition) is 1. The van der Waals surface area contributed by atoms with E-state index in [-0.39, 0.29) is 11.5 Å². The highest BCUT2D eigenvalue weighted by atomic mass is 32.2. The molecule has 2 N–H and O–H groups in total. The second-order valence-corrected chi connectivity index (χ2v) is 7.22. The van der Waals surface area contributed by atoms with Gasteiger partial charge in [-0.15, -0.1) is 0 Å². The average Bonchev–Trinajstić information content (AvgIpc) is 2.82. The lowest BCUT2D eigenvalue weighted by Gasteiger charge is -2.35. The Morgan fingerprint density at radius 2 is 2.26 bits per heavy atom. The van der Waals surface area contributed by atoms with Crippen LogP contribution in [0.1, 0.15) is 58.2 Å². The molecule has 1 aromatic heterocycles. The minimum absolute atomic E-state index is 0.133. The van der Waals surface area contributed by atoms with Crippen molar-refractivity contribution in [2.24, 2.45) is 11.7 Å². The van der Waals surface area contributed by atoms with Crippen LogP contribution in [0.25, 0.3) is 0 Å². The molecule has 108 valence electrons. The SMILES string of the molecule is CC(C)CSCc1noc(C2(C)CCCCC2N)n1. The molecule has 2 rings (SSSR count). The molecule has 19 heavy (non-hydrogen) atoms. The summed E-state index contributed by atoms with van der Waals surface area (Å²) in [6, 6.07) is 0.137. The molecule has 2 unspecified atom stereocenters. The lowest BCUT2D eigenvalue weighted by Crippen LogP contribution is -2.45. The van der Waals surface area contributed by atoms with Crippen molar-refractivity contribution in [3.63, 3.8) is 0 Å². The monoisotopic (exact) mass is 283 g/mol. The quantitative estimate of drug-likeness (QED) is 0.899. The largest absolute Gasteiger partial charge is 0.339 e. The lowest BCUT2D eigenvalue weighted by atomic mass is 9.72. The molecule has 1 fully saturated rings. The van der Waals surface area contributed by atoms with E-state index in [4.69, 9.17) is 10.3 Å². The molecular weight excluding hydrogens is 258 g/mol. The summed E-state index contributed by atoms with van der Waals surface area (Å²) in [7, 11) is 0. The van der Waals surface area contributed by atoms with E-state index in [2.05, 4.69) is 30.9 Å². The van der Waals surface area contributed by atoms with Gasteiger partial charge in [-0.25, -0.2) is 0 Å². The molecule has 1 aliphatic carbocycles. The highest BCUT2D eigenvalue weighted by molar-refractivity contribution is 7.98. The first-order chi connectivity index (χ1) is 9.02. The zero-order valence-corrected chi connectivity index (χ0v) is 13.0. The first kappa shape index (κ1) is 14.9. The Bertz CT molecular complexity index is 407. The van der Waals surface area contributed by atoms with E-state index in [0.717, 1.165) is 36.1 Å². The van der Waals surface area contributed by atoms with Crippen LogP contribution in [0.5, 0.6) is 0 Å². The fourth-order valence-electron chi connectivity index (χ4n) is 2.56. The Balaban J connectivity index is 1.99.